The lowest BCUT2D eigenvalue weighted by atomic mass is 10.1. The van der Waals surface area contributed by atoms with E-state index >= 15 is 0 Å². The van der Waals surface area contributed by atoms with Crippen LogP contribution in [0.2, 0.25) is 0 Å². The molecular weight excluding hydrogens is 221 g/mol. The van der Waals surface area contributed by atoms with Crippen molar-refractivity contribution in [3.63, 3.8) is 0 Å². The summed E-state index contributed by atoms with van der Waals surface area (Å²) in [5, 5.41) is 5.65. The Morgan fingerprint density at radius 2 is 2.06 bits per heavy atom. The van der Waals surface area contributed by atoms with Crippen molar-refractivity contribution in [2.75, 3.05) is 0 Å². The van der Waals surface area contributed by atoms with Gasteiger partial charge in [-0.15, -0.1) is 0 Å². The van der Waals surface area contributed by atoms with E-state index < -0.39 is 5.91 Å². The molecule has 5 heteroatoms. The molecule has 4 N–H and O–H groups in total. The second-order valence-corrected chi connectivity index (χ2v) is 3.72. The van der Waals surface area contributed by atoms with Crippen LogP contribution in [0.1, 0.15) is 11.1 Å². The van der Waals surface area contributed by atoms with Crippen molar-refractivity contribution < 1.29 is 4.79 Å². The molecule has 0 radical (unpaired) electrons. The van der Waals surface area contributed by atoms with Gasteiger partial charge in [0, 0.05) is 12.7 Å². The number of hydrogen-bond acceptors (Lipinski definition) is 3. The Balaban J connectivity index is 2.52. The Hall–Kier alpha value is -1.54. The van der Waals surface area contributed by atoms with Gasteiger partial charge < -0.3 is 16.1 Å². The summed E-state index contributed by atoms with van der Waals surface area (Å²) in [4.78, 5) is 10.9. The molecule has 0 fully saturated rings. The number of amides is 1. The quantitative estimate of drug-likeness (QED) is 0.524. The van der Waals surface area contributed by atoms with Crippen LogP contribution in [-0.4, -0.2) is 5.91 Å². The van der Waals surface area contributed by atoms with Crippen molar-refractivity contribution in [3.8, 4) is 0 Å². The summed E-state index contributed by atoms with van der Waals surface area (Å²) in [7, 11) is 2.23. The van der Waals surface area contributed by atoms with Crippen molar-refractivity contribution in [1.29, 1.82) is 0 Å². The van der Waals surface area contributed by atoms with Crippen LogP contribution >= 0.6 is 9.39 Å². The molecule has 1 aromatic carbocycles. The van der Waals surface area contributed by atoms with Gasteiger partial charge >= 0.3 is 0 Å². The Morgan fingerprint density at radius 1 is 1.44 bits per heavy atom. The van der Waals surface area contributed by atoms with Crippen LogP contribution < -0.4 is 16.1 Å². The van der Waals surface area contributed by atoms with Gasteiger partial charge in [0.25, 0.3) is 5.91 Å². The van der Waals surface area contributed by atoms with Crippen molar-refractivity contribution in [2.45, 2.75) is 13.5 Å². The molecule has 0 spiro atoms. The van der Waals surface area contributed by atoms with Crippen LogP contribution in [0.4, 0.5) is 0 Å². The van der Waals surface area contributed by atoms with E-state index in [2.05, 4.69) is 19.8 Å². The molecule has 1 unspecified atom stereocenters. The minimum Gasteiger partial charge on any atom is -0.385 e. The normalized spacial score (nSPS) is 11.0. The highest BCUT2D eigenvalue weighted by Crippen LogP contribution is 2.02. The molecule has 0 heterocycles. The SMILES string of the molecule is Cc1ccc(CN/C=C(\NP)C(N)=O)cc1. The highest BCUT2D eigenvalue weighted by Gasteiger charge is 1.99. The summed E-state index contributed by atoms with van der Waals surface area (Å²) in [6.45, 7) is 2.70. The lowest BCUT2D eigenvalue weighted by Crippen LogP contribution is -2.22. The predicted octanol–water partition coefficient (Wildman–Crippen LogP) is 0.791. The maximum atomic E-state index is 10.9. The number of benzene rings is 1. The predicted molar refractivity (Wildman–Crippen MR) is 68.1 cm³/mol. The molecule has 0 aromatic heterocycles. The molecule has 1 aromatic rings. The van der Waals surface area contributed by atoms with Crippen molar-refractivity contribution >= 4 is 15.3 Å². The number of aryl methyl sites for hydroxylation is 1. The number of rotatable bonds is 5. The van der Waals surface area contributed by atoms with E-state index in [1.807, 2.05) is 31.2 Å². The lowest BCUT2D eigenvalue weighted by molar-refractivity contribution is -0.114. The summed E-state index contributed by atoms with van der Waals surface area (Å²) in [5.41, 5.74) is 7.83. The van der Waals surface area contributed by atoms with Gasteiger partial charge in [0.05, 0.1) is 0 Å². The molecule has 0 aliphatic carbocycles. The molecule has 0 saturated carbocycles. The molecule has 1 atom stereocenters. The Bertz CT molecular complexity index is 387. The maximum Gasteiger partial charge on any atom is 0.266 e. The van der Waals surface area contributed by atoms with Gasteiger partial charge in [0.1, 0.15) is 5.70 Å². The van der Waals surface area contributed by atoms with E-state index in [4.69, 9.17) is 5.73 Å². The van der Waals surface area contributed by atoms with Gasteiger partial charge in [-0.2, -0.15) is 0 Å². The van der Waals surface area contributed by atoms with Crippen LogP contribution in [0.15, 0.2) is 36.2 Å². The van der Waals surface area contributed by atoms with Crippen LogP contribution in [0.25, 0.3) is 0 Å². The number of carbonyl (C=O) groups is 1. The highest BCUT2D eigenvalue weighted by atomic mass is 31.0. The summed E-state index contributed by atoms with van der Waals surface area (Å²) in [6, 6.07) is 8.16. The molecule has 4 nitrogen and oxygen atoms in total. The number of hydrogen-bond donors (Lipinski definition) is 3. The van der Waals surface area contributed by atoms with Gasteiger partial charge in [0.15, 0.2) is 0 Å². The topological polar surface area (TPSA) is 67.2 Å². The van der Waals surface area contributed by atoms with Crippen LogP contribution in [0.3, 0.4) is 0 Å². The lowest BCUT2D eigenvalue weighted by Gasteiger charge is -2.05. The average Bonchev–Trinajstić information content (AvgIpc) is 2.26. The molecule has 0 saturated heterocycles. The van der Waals surface area contributed by atoms with E-state index in [1.165, 1.54) is 5.56 Å². The summed E-state index contributed by atoms with van der Waals surface area (Å²) >= 11 is 0. The average molecular weight is 237 g/mol. The first-order valence-corrected chi connectivity index (χ1v) is 5.46. The van der Waals surface area contributed by atoms with E-state index in [-0.39, 0.29) is 0 Å². The van der Waals surface area contributed by atoms with Gasteiger partial charge in [0.2, 0.25) is 0 Å². The molecule has 1 rings (SSSR count). The summed E-state index contributed by atoms with van der Waals surface area (Å²) < 4.78 is 0. The standard InChI is InChI=1S/C11H16N3OP/c1-8-2-4-9(5-3-8)6-13-7-10(14-16)11(12)15/h2-5,7,13-14H,6,16H2,1H3,(H2,12,15)/b10-7-. The summed E-state index contributed by atoms with van der Waals surface area (Å²) in [6.07, 6.45) is 1.56. The van der Waals surface area contributed by atoms with Crippen LogP contribution in [0.5, 0.6) is 0 Å². The molecule has 0 aliphatic rings. The molecule has 1 amide bonds. The summed E-state index contributed by atoms with van der Waals surface area (Å²) in [5.74, 6) is -0.494. The monoisotopic (exact) mass is 237 g/mol. The Labute approximate surface area is 97.6 Å². The van der Waals surface area contributed by atoms with E-state index in [1.54, 1.807) is 6.20 Å². The Kier molecular flexibility index (Phi) is 4.80. The van der Waals surface area contributed by atoms with Crippen molar-refractivity contribution in [2.24, 2.45) is 5.73 Å². The smallest absolute Gasteiger partial charge is 0.266 e. The fourth-order valence-electron chi connectivity index (χ4n) is 1.16. The van der Waals surface area contributed by atoms with Gasteiger partial charge in [-0.1, -0.05) is 29.8 Å². The third kappa shape index (κ3) is 3.91. The molecule has 86 valence electrons. The zero-order valence-electron chi connectivity index (χ0n) is 9.16. The third-order valence-electron chi connectivity index (χ3n) is 2.09. The molecule has 0 aliphatic heterocycles. The maximum absolute atomic E-state index is 10.9. The fourth-order valence-corrected chi connectivity index (χ4v) is 1.39. The molecule has 16 heavy (non-hydrogen) atoms. The van der Waals surface area contributed by atoms with E-state index in [0.717, 1.165) is 5.56 Å². The zero-order chi connectivity index (χ0) is 12.0. The van der Waals surface area contributed by atoms with Crippen molar-refractivity contribution in [3.05, 3.63) is 47.3 Å². The fraction of sp³-hybridized carbons (Fsp3) is 0.182. The first-order chi connectivity index (χ1) is 7.63. The van der Waals surface area contributed by atoms with E-state index in [0.29, 0.717) is 12.2 Å². The number of carbonyl (C=O) groups excluding carboxylic acids is 1. The first-order valence-electron chi connectivity index (χ1n) is 4.89. The van der Waals surface area contributed by atoms with Crippen LogP contribution in [-0.2, 0) is 11.3 Å². The first kappa shape index (κ1) is 12.5. The Morgan fingerprint density at radius 3 is 2.56 bits per heavy atom. The van der Waals surface area contributed by atoms with Gasteiger partial charge in [-0.25, -0.2) is 0 Å². The second-order valence-electron chi connectivity index (χ2n) is 3.43. The van der Waals surface area contributed by atoms with Gasteiger partial charge in [-0.3, -0.25) is 4.79 Å². The minimum atomic E-state index is -0.494. The largest absolute Gasteiger partial charge is 0.385 e. The zero-order valence-corrected chi connectivity index (χ0v) is 10.3. The van der Waals surface area contributed by atoms with Gasteiger partial charge in [-0.05, 0) is 21.9 Å². The second kappa shape index (κ2) is 6.13. The molecule has 0 bridgehead atoms. The van der Waals surface area contributed by atoms with Crippen molar-refractivity contribution in [1.82, 2.24) is 10.4 Å². The third-order valence-corrected chi connectivity index (χ3v) is 2.41. The molecular formula is C11H16N3OP. The van der Waals surface area contributed by atoms with E-state index in [9.17, 15) is 4.79 Å². The number of primary amides is 1. The number of nitrogens with one attached hydrogen (secondary N) is 2. The van der Waals surface area contributed by atoms with Crippen LogP contribution in [0, 0.1) is 6.92 Å². The minimum absolute atomic E-state index is 0.331. The highest BCUT2D eigenvalue weighted by molar-refractivity contribution is 7.14. The number of nitrogens with two attached hydrogens (primary N) is 1.